The molecule has 38 heavy (non-hydrogen) atoms. The average molecular weight is 522 g/mol. The highest BCUT2D eigenvalue weighted by molar-refractivity contribution is 6.00. The van der Waals surface area contributed by atoms with E-state index in [4.69, 9.17) is 4.74 Å². The summed E-state index contributed by atoms with van der Waals surface area (Å²) >= 11 is 0. The second kappa shape index (κ2) is 11.5. The van der Waals surface area contributed by atoms with Gasteiger partial charge in [0.25, 0.3) is 0 Å². The van der Waals surface area contributed by atoms with Crippen molar-refractivity contribution in [2.75, 3.05) is 31.1 Å². The standard InChI is InChI=1S/C30H36FN3O4/c1-20-3-2-4-24(17-20)38-23-11-15-34(16-12-23)29(36)18-21-9-13-33(14-10-21)27-7-5-22(19-26(27)31)25-6-8-28(35)32-30(25)37/h2-5,7,17,19,21,23,25H,6,8-16,18H2,1H3,(H,32,35,37). The molecule has 2 aromatic carbocycles. The molecule has 3 amide bonds. The van der Waals surface area contributed by atoms with Crippen molar-refractivity contribution in [2.45, 2.75) is 63.9 Å². The van der Waals surface area contributed by atoms with Crippen molar-refractivity contribution in [2.24, 2.45) is 5.92 Å². The minimum Gasteiger partial charge on any atom is -0.490 e. The zero-order chi connectivity index (χ0) is 26.6. The molecule has 1 atom stereocenters. The van der Waals surface area contributed by atoms with Crippen LogP contribution in [0.5, 0.6) is 5.75 Å². The third kappa shape index (κ3) is 6.17. The van der Waals surface area contributed by atoms with E-state index in [-0.39, 0.29) is 36.1 Å². The van der Waals surface area contributed by atoms with Gasteiger partial charge in [0.2, 0.25) is 17.7 Å². The van der Waals surface area contributed by atoms with Crippen LogP contribution in [0.4, 0.5) is 10.1 Å². The predicted octanol–water partition coefficient (Wildman–Crippen LogP) is 4.33. The number of halogens is 1. The number of benzene rings is 2. The van der Waals surface area contributed by atoms with Crippen LogP contribution in [0.2, 0.25) is 0 Å². The minimum absolute atomic E-state index is 0.139. The topological polar surface area (TPSA) is 79.0 Å². The number of carbonyl (C=O) groups is 3. The zero-order valence-corrected chi connectivity index (χ0v) is 22.0. The number of hydrogen-bond acceptors (Lipinski definition) is 5. The fourth-order valence-corrected chi connectivity index (χ4v) is 5.87. The molecule has 1 unspecified atom stereocenters. The first-order valence-electron chi connectivity index (χ1n) is 13.7. The van der Waals surface area contributed by atoms with Gasteiger partial charge in [0.15, 0.2) is 0 Å². The molecule has 0 aliphatic carbocycles. The Morgan fingerprint density at radius 1 is 1.00 bits per heavy atom. The number of anilines is 1. The second-order valence-electron chi connectivity index (χ2n) is 10.9. The number of rotatable bonds is 6. The molecule has 3 fully saturated rings. The molecule has 0 spiro atoms. The van der Waals surface area contributed by atoms with Crippen LogP contribution < -0.4 is 15.0 Å². The number of carbonyl (C=O) groups excluding carboxylic acids is 3. The number of likely N-dealkylation sites (tertiary alicyclic amines) is 1. The van der Waals surface area contributed by atoms with E-state index in [1.54, 1.807) is 12.1 Å². The highest BCUT2D eigenvalue weighted by Gasteiger charge is 2.30. The SMILES string of the molecule is Cc1cccc(OC2CCN(C(=O)CC3CCN(c4ccc(C5CCC(=O)NC5=O)cc4F)CC3)CC2)c1. The molecule has 0 bridgehead atoms. The Labute approximate surface area is 223 Å². The fraction of sp³-hybridized carbons (Fsp3) is 0.500. The average Bonchev–Trinajstić information content (AvgIpc) is 2.90. The van der Waals surface area contributed by atoms with Crippen molar-refractivity contribution >= 4 is 23.4 Å². The first-order chi connectivity index (χ1) is 18.4. The largest absolute Gasteiger partial charge is 0.490 e. The summed E-state index contributed by atoms with van der Waals surface area (Å²) in [6, 6.07) is 13.0. The summed E-state index contributed by atoms with van der Waals surface area (Å²) in [5.74, 6) is -0.0838. The number of ether oxygens (including phenoxy) is 1. The molecule has 3 aliphatic rings. The van der Waals surface area contributed by atoms with E-state index in [0.29, 0.717) is 43.1 Å². The van der Waals surface area contributed by atoms with E-state index < -0.39 is 5.92 Å². The van der Waals surface area contributed by atoms with Crippen LogP contribution in [0.3, 0.4) is 0 Å². The summed E-state index contributed by atoms with van der Waals surface area (Å²) in [5, 5.41) is 2.33. The van der Waals surface area contributed by atoms with Crippen molar-refractivity contribution in [3.05, 3.63) is 59.4 Å². The van der Waals surface area contributed by atoms with Crippen molar-refractivity contribution in [3.8, 4) is 5.75 Å². The van der Waals surface area contributed by atoms with Gasteiger partial charge in [0, 0.05) is 51.9 Å². The van der Waals surface area contributed by atoms with Crippen LogP contribution in [0.25, 0.3) is 0 Å². The molecule has 8 heteroatoms. The maximum atomic E-state index is 15.0. The monoisotopic (exact) mass is 521 g/mol. The number of piperidine rings is 3. The molecule has 3 aliphatic heterocycles. The number of aryl methyl sites for hydroxylation is 1. The van der Waals surface area contributed by atoms with E-state index in [1.165, 1.54) is 11.6 Å². The molecule has 202 valence electrons. The van der Waals surface area contributed by atoms with E-state index in [9.17, 15) is 14.4 Å². The third-order valence-corrected chi connectivity index (χ3v) is 8.12. The maximum Gasteiger partial charge on any atom is 0.234 e. The van der Waals surface area contributed by atoms with E-state index in [2.05, 4.69) is 18.3 Å². The number of imide groups is 1. The lowest BCUT2D eigenvalue weighted by Gasteiger charge is -2.36. The summed E-state index contributed by atoms with van der Waals surface area (Å²) < 4.78 is 21.1. The summed E-state index contributed by atoms with van der Waals surface area (Å²) in [4.78, 5) is 40.5. The van der Waals surface area contributed by atoms with Gasteiger partial charge in [-0.1, -0.05) is 18.2 Å². The predicted molar refractivity (Wildman–Crippen MR) is 142 cm³/mol. The van der Waals surface area contributed by atoms with Gasteiger partial charge >= 0.3 is 0 Å². The smallest absolute Gasteiger partial charge is 0.234 e. The Hall–Kier alpha value is -3.42. The van der Waals surface area contributed by atoms with Crippen LogP contribution in [-0.2, 0) is 14.4 Å². The van der Waals surface area contributed by atoms with Crippen molar-refractivity contribution in [1.29, 1.82) is 0 Å². The molecule has 7 nitrogen and oxygen atoms in total. The maximum absolute atomic E-state index is 15.0. The summed E-state index contributed by atoms with van der Waals surface area (Å²) in [6.45, 7) is 4.88. The van der Waals surface area contributed by atoms with Gasteiger partial charge in [-0.3, -0.25) is 19.7 Å². The van der Waals surface area contributed by atoms with Gasteiger partial charge < -0.3 is 14.5 Å². The summed E-state index contributed by atoms with van der Waals surface area (Å²) in [5.41, 5.74) is 2.31. The fourth-order valence-electron chi connectivity index (χ4n) is 5.87. The van der Waals surface area contributed by atoms with Crippen LogP contribution in [0.15, 0.2) is 42.5 Å². The zero-order valence-electron chi connectivity index (χ0n) is 22.0. The number of hydrogen-bond donors (Lipinski definition) is 1. The molecule has 5 rings (SSSR count). The van der Waals surface area contributed by atoms with E-state index in [1.807, 2.05) is 28.0 Å². The quantitative estimate of drug-likeness (QED) is 0.573. The Kier molecular flexibility index (Phi) is 7.95. The number of nitrogens with one attached hydrogen (secondary N) is 1. The first-order valence-corrected chi connectivity index (χ1v) is 13.7. The molecule has 3 saturated heterocycles. The molecule has 0 saturated carbocycles. The molecule has 2 aromatic rings. The normalized spacial score (nSPS) is 21.4. The highest BCUT2D eigenvalue weighted by Crippen LogP contribution is 2.32. The molecule has 0 aromatic heterocycles. The van der Waals surface area contributed by atoms with Gasteiger partial charge in [-0.05, 0) is 67.5 Å². The highest BCUT2D eigenvalue weighted by atomic mass is 19.1. The van der Waals surface area contributed by atoms with Crippen LogP contribution >= 0.6 is 0 Å². The van der Waals surface area contributed by atoms with E-state index in [0.717, 1.165) is 44.5 Å². The van der Waals surface area contributed by atoms with Crippen molar-refractivity contribution < 1.29 is 23.5 Å². The van der Waals surface area contributed by atoms with Gasteiger partial charge in [0.1, 0.15) is 17.7 Å². The van der Waals surface area contributed by atoms with Gasteiger partial charge in [-0.25, -0.2) is 4.39 Å². The molecular weight excluding hydrogens is 485 g/mol. The first kappa shape index (κ1) is 26.2. The second-order valence-corrected chi connectivity index (χ2v) is 10.9. The lowest BCUT2D eigenvalue weighted by molar-refractivity contribution is -0.135. The summed E-state index contributed by atoms with van der Waals surface area (Å²) in [6.07, 6.45) is 4.71. The summed E-state index contributed by atoms with van der Waals surface area (Å²) in [7, 11) is 0. The van der Waals surface area contributed by atoms with Gasteiger partial charge in [0.05, 0.1) is 11.6 Å². The Balaban J connectivity index is 1.07. The minimum atomic E-state index is -0.493. The lowest BCUT2D eigenvalue weighted by Crippen LogP contribution is -2.43. The molecular formula is C30H36FN3O4. The molecule has 0 radical (unpaired) electrons. The van der Waals surface area contributed by atoms with Crippen LogP contribution in [0.1, 0.15) is 62.0 Å². The lowest BCUT2D eigenvalue weighted by atomic mass is 9.89. The Morgan fingerprint density at radius 2 is 1.76 bits per heavy atom. The number of nitrogens with zero attached hydrogens (tertiary/aromatic N) is 2. The number of amides is 3. The van der Waals surface area contributed by atoms with Gasteiger partial charge in [-0.2, -0.15) is 0 Å². The third-order valence-electron chi connectivity index (χ3n) is 8.12. The van der Waals surface area contributed by atoms with Crippen LogP contribution in [-0.4, -0.2) is 54.9 Å². The van der Waals surface area contributed by atoms with Crippen molar-refractivity contribution in [1.82, 2.24) is 10.2 Å². The van der Waals surface area contributed by atoms with Gasteiger partial charge in [-0.15, -0.1) is 0 Å². The Morgan fingerprint density at radius 3 is 2.45 bits per heavy atom. The molecule has 3 heterocycles. The van der Waals surface area contributed by atoms with Crippen LogP contribution in [0, 0.1) is 18.7 Å². The van der Waals surface area contributed by atoms with E-state index >= 15 is 4.39 Å². The molecule has 1 N–H and O–H groups in total. The Bertz CT molecular complexity index is 1190. The van der Waals surface area contributed by atoms with Crippen molar-refractivity contribution in [3.63, 3.8) is 0 Å².